The first-order chi connectivity index (χ1) is 12.4. The molecule has 0 saturated carbocycles. The Bertz CT molecular complexity index is 700. The summed E-state index contributed by atoms with van der Waals surface area (Å²) in [7, 11) is 5.24. The van der Waals surface area contributed by atoms with Crippen LogP contribution in [0.15, 0.2) is 36.4 Å². The Hall–Kier alpha value is -2.24. The van der Waals surface area contributed by atoms with Crippen molar-refractivity contribution in [3.05, 3.63) is 53.1 Å². The number of ether oxygens (including phenoxy) is 3. The van der Waals surface area contributed by atoms with E-state index in [9.17, 15) is 5.11 Å². The normalized spacial score (nSPS) is 12.1. The summed E-state index contributed by atoms with van der Waals surface area (Å²) in [6, 6.07) is 11.8. The van der Waals surface area contributed by atoms with Gasteiger partial charge < -0.3 is 19.3 Å². The fraction of sp³-hybridized carbons (Fsp3) is 0.429. The van der Waals surface area contributed by atoms with Gasteiger partial charge in [-0.2, -0.15) is 0 Å². The van der Waals surface area contributed by atoms with Gasteiger partial charge in [-0.3, -0.25) is 4.90 Å². The standard InChI is InChI=1S/C21H29NO4/c1-15-6-8-19(9-7-15)26-14-18(23)13-22(3)12-17-11-21(25-5)20(24-4)10-16(17)2/h6-11,18,23H,12-14H2,1-5H3. The number of likely N-dealkylation sites (N-methyl/N-ethyl adjacent to an activating group) is 1. The van der Waals surface area contributed by atoms with Crippen LogP contribution in [-0.2, 0) is 6.54 Å². The number of nitrogens with zero attached hydrogens (tertiary/aromatic N) is 1. The molecule has 0 aromatic heterocycles. The van der Waals surface area contributed by atoms with E-state index in [1.165, 1.54) is 5.56 Å². The molecule has 0 fully saturated rings. The van der Waals surface area contributed by atoms with Crippen LogP contribution < -0.4 is 14.2 Å². The molecule has 0 spiro atoms. The second-order valence-electron chi connectivity index (χ2n) is 6.61. The quantitative estimate of drug-likeness (QED) is 0.745. The molecule has 0 saturated heterocycles. The Morgan fingerprint density at radius 2 is 1.62 bits per heavy atom. The first-order valence-corrected chi connectivity index (χ1v) is 8.70. The molecule has 5 heteroatoms. The lowest BCUT2D eigenvalue weighted by atomic mass is 10.1. The van der Waals surface area contributed by atoms with Crippen molar-refractivity contribution in [2.45, 2.75) is 26.5 Å². The van der Waals surface area contributed by atoms with Crippen molar-refractivity contribution in [1.82, 2.24) is 4.90 Å². The molecule has 0 heterocycles. The molecule has 0 bridgehead atoms. The molecular weight excluding hydrogens is 330 g/mol. The molecular formula is C21H29NO4. The number of methoxy groups -OCH3 is 2. The lowest BCUT2D eigenvalue weighted by Gasteiger charge is -2.22. The molecule has 0 amide bonds. The van der Waals surface area contributed by atoms with Crippen LogP contribution in [0.25, 0.3) is 0 Å². The van der Waals surface area contributed by atoms with Crippen molar-refractivity contribution in [3.63, 3.8) is 0 Å². The lowest BCUT2D eigenvalue weighted by molar-refractivity contribution is 0.0743. The molecule has 1 atom stereocenters. The Morgan fingerprint density at radius 3 is 2.23 bits per heavy atom. The van der Waals surface area contributed by atoms with E-state index in [-0.39, 0.29) is 6.61 Å². The summed E-state index contributed by atoms with van der Waals surface area (Å²) in [4.78, 5) is 2.07. The fourth-order valence-corrected chi connectivity index (χ4v) is 2.79. The summed E-state index contributed by atoms with van der Waals surface area (Å²) < 4.78 is 16.4. The van der Waals surface area contributed by atoms with Gasteiger partial charge in [0.1, 0.15) is 18.5 Å². The van der Waals surface area contributed by atoms with Gasteiger partial charge >= 0.3 is 0 Å². The highest BCUT2D eigenvalue weighted by molar-refractivity contribution is 5.47. The second kappa shape index (κ2) is 9.46. The van der Waals surface area contributed by atoms with Gasteiger partial charge in [0.15, 0.2) is 11.5 Å². The Kier molecular flexibility index (Phi) is 7.30. The highest BCUT2D eigenvalue weighted by atomic mass is 16.5. The zero-order valence-electron chi connectivity index (χ0n) is 16.3. The van der Waals surface area contributed by atoms with Crippen LogP contribution in [0.4, 0.5) is 0 Å². The molecule has 2 aromatic rings. The monoisotopic (exact) mass is 359 g/mol. The van der Waals surface area contributed by atoms with Gasteiger partial charge in [-0.25, -0.2) is 0 Å². The molecule has 1 N–H and O–H groups in total. The maximum Gasteiger partial charge on any atom is 0.161 e. The number of hydrogen-bond acceptors (Lipinski definition) is 5. The van der Waals surface area contributed by atoms with Crippen LogP contribution in [0, 0.1) is 13.8 Å². The average Bonchev–Trinajstić information content (AvgIpc) is 2.62. The van der Waals surface area contributed by atoms with Gasteiger partial charge in [0.25, 0.3) is 0 Å². The molecule has 26 heavy (non-hydrogen) atoms. The highest BCUT2D eigenvalue weighted by Crippen LogP contribution is 2.30. The second-order valence-corrected chi connectivity index (χ2v) is 6.61. The first-order valence-electron chi connectivity index (χ1n) is 8.70. The highest BCUT2D eigenvalue weighted by Gasteiger charge is 2.13. The minimum Gasteiger partial charge on any atom is -0.493 e. The van der Waals surface area contributed by atoms with Gasteiger partial charge in [-0.15, -0.1) is 0 Å². The summed E-state index contributed by atoms with van der Waals surface area (Å²) in [6.45, 7) is 5.55. The third-order valence-corrected chi connectivity index (χ3v) is 4.27. The zero-order chi connectivity index (χ0) is 19.1. The van der Waals surface area contributed by atoms with E-state index in [4.69, 9.17) is 14.2 Å². The smallest absolute Gasteiger partial charge is 0.161 e. The van der Waals surface area contributed by atoms with Crippen LogP contribution in [0.1, 0.15) is 16.7 Å². The summed E-state index contributed by atoms with van der Waals surface area (Å²) in [6.07, 6.45) is -0.568. The third-order valence-electron chi connectivity index (χ3n) is 4.27. The van der Waals surface area contributed by atoms with Crippen LogP contribution in [0.2, 0.25) is 0 Å². The average molecular weight is 359 g/mol. The van der Waals surface area contributed by atoms with Crippen molar-refractivity contribution >= 4 is 0 Å². The SMILES string of the molecule is COc1cc(C)c(CN(C)CC(O)COc2ccc(C)cc2)cc1OC. The Balaban J connectivity index is 1.89. The number of benzene rings is 2. The van der Waals surface area contributed by atoms with Crippen LogP contribution >= 0.6 is 0 Å². The van der Waals surface area contributed by atoms with Crippen LogP contribution in [0.3, 0.4) is 0 Å². The van der Waals surface area contributed by atoms with E-state index in [1.54, 1.807) is 14.2 Å². The maximum atomic E-state index is 10.3. The van der Waals surface area contributed by atoms with Crippen molar-refractivity contribution < 1.29 is 19.3 Å². The number of aryl methyl sites for hydroxylation is 2. The molecule has 2 aromatic carbocycles. The third kappa shape index (κ3) is 5.64. The molecule has 5 nitrogen and oxygen atoms in total. The number of rotatable bonds is 9. The fourth-order valence-electron chi connectivity index (χ4n) is 2.79. The molecule has 1 unspecified atom stereocenters. The molecule has 2 rings (SSSR count). The van der Waals surface area contributed by atoms with Crippen LogP contribution in [-0.4, -0.2) is 50.5 Å². The van der Waals surface area contributed by atoms with E-state index in [0.29, 0.717) is 18.8 Å². The number of hydrogen-bond donors (Lipinski definition) is 1. The number of aliphatic hydroxyl groups is 1. The van der Waals surface area contributed by atoms with Gasteiger partial charge in [0.2, 0.25) is 0 Å². The van der Waals surface area contributed by atoms with Gasteiger partial charge in [0.05, 0.1) is 14.2 Å². The van der Waals surface area contributed by atoms with Gasteiger partial charge in [0, 0.05) is 13.1 Å². The van der Waals surface area contributed by atoms with Gasteiger partial charge in [-0.05, 0) is 56.3 Å². The van der Waals surface area contributed by atoms with Gasteiger partial charge in [-0.1, -0.05) is 17.7 Å². The van der Waals surface area contributed by atoms with E-state index in [2.05, 4.69) is 4.90 Å². The zero-order valence-corrected chi connectivity index (χ0v) is 16.3. The lowest BCUT2D eigenvalue weighted by Crippen LogP contribution is -2.33. The van der Waals surface area contributed by atoms with Crippen LogP contribution in [0.5, 0.6) is 17.2 Å². The minimum atomic E-state index is -0.568. The topological polar surface area (TPSA) is 51.2 Å². The maximum absolute atomic E-state index is 10.3. The summed E-state index contributed by atoms with van der Waals surface area (Å²) in [5, 5.41) is 10.3. The van der Waals surface area contributed by atoms with Crippen molar-refractivity contribution in [1.29, 1.82) is 0 Å². The van der Waals surface area contributed by atoms with E-state index >= 15 is 0 Å². The molecule has 0 aliphatic carbocycles. The molecule has 0 aliphatic heterocycles. The Morgan fingerprint density at radius 1 is 1.00 bits per heavy atom. The largest absolute Gasteiger partial charge is 0.493 e. The summed E-state index contributed by atoms with van der Waals surface area (Å²) >= 11 is 0. The minimum absolute atomic E-state index is 0.262. The van der Waals surface area contributed by atoms with E-state index in [1.807, 2.05) is 57.3 Å². The predicted octanol–water partition coefficient (Wildman–Crippen LogP) is 3.19. The summed E-state index contributed by atoms with van der Waals surface area (Å²) in [5.74, 6) is 2.21. The summed E-state index contributed by atoms with van der Waals surface area (Å²) in [5.41, 5.74) is 3.44. The first kappa shape index (κ1) is 20.1. The number of aliphatic hydroxyl groups excluding tert-OH is 1. The molecule has 142 valence electrons. The van der Waals surface area contributed by atoms with Crippen molar-refractivity contribution in [2.75, 3.05) is 34.4 Å². The molecule has 0 aliphatic rings. The van der Waals surface area contributed by atoms with Crippen molar-refractivity contribution in [2.24, 2.45) is 0 Å². The molecule has 0 radical (unpaired) electrons. The van der Waals surface area contributed by atoms with E-state index in [0.717, 1.165) is 22.6 Å². The Labute approximate surface area is 156 Å². The van der Waals surface area contributed by atoms with Crippen molar-refractivity contribution in [3.8, 4) is 17.2 Å². The van der Waals surface area contributed by atoms with E-state index < -0.39 is 6.10 Å². The predicted molar refractivity (Wildman–Crippen MR) is 103 cm³/mol.